The predicted molar refractivity (Wildman–Crippen MR) is 116 cm³/mol. The van der Waals surface area contributed by atoms with E-state index in [0.29, 0.717) is 0 Å². The smallest absolute Gasteiger partial charge is 0.312 e. The molecule has 1 aliphatic carbocycles. The Hall–Kier alpha value is -2.47. The largest absolute Gasteiger partial charge is 0.461 e. The normalized spacial score (nSPS) is 22.6. The first-order valence-corrected chi connectivity index (χ1v) is 11.1. The summed E-state index contributed by atoms with van der Waals surface area (Å²) in [7, 11) is 4.06. The van der Waals surface area contributed by atoms with Crippen molar-refractivity contribution in [2.24, 2.45) is 5.41 Å². The van der Waals surface area contributed by atoms with Gasteiger partial charge in [0, 0.05) is 42.9 Å². The second-order valence-electron chi connectivity index (χ2n) is 9.28. The molecule has 1 aromatic heterocycles. The van der Waals surface area contributed by atoms with Crippen LogP contribution >= 0.6 is 0 Å². The van der Waals surface area contributed by atoms with Crippen molar-refractivity contribution in [1.82, 2.24) is 14.9 Å². The molecule has 1 unspecified atom stereocenters. The van der Waals surface area contributed by atoms with E-state index in [2.05, 4.69) is 21.9 Å². The third kappa shape index (κ3) is 3.47. The first kappa shape index (κ1) is 19.5. The Bertz CT molecular complexity index is 936. The second kappa shape index (κ2) is 7.65. The molecule has 30 heavy (non-hydrogen) atoms. The molecule has 2 aromatic rings. The van der Waals surface area contributed by atoms with Crippen LogP contribution in [-0.4, -0.2) is 60.7 Å². The third-order valence-electron chi connectivity index (χ3n) is 6.86. The number of hydrogen-bond donors (Lipinski definition) is 0. The molecule has 0 radical (unpaired) electrons. The summed E-state index contributed by atoms with van der Waals surface area (Å²) < 4.78 is 5.73. The number of benzene rings is 1. The molecule has 5 rings (SSSR count). The Morgan fingerprint density at radius 1 is 1.13 bits per heavy atom. The second-order valence-corrected chi connectivity index (χ2v) is 9.28. The zero-order chi connectivity index (χ0) is 20.7. The molecule has 6 nitrogen and oxygen atoms in total. The molecule has 3 heterocycles. The molecule has 0 amide bonds. The maximum absolute atomic E-state index is 12.7. The lowest BCUT2D eigenvalue weighted by Crippen LogP contribution is -2.43. The fourth-order valence-electron chi connectivity index (χ4n) is 5.29. The molecule has 2 fully saturated rings. The van der Waals surface area contributed by atoms with Gasteiger partial charge >= 0.3 is 5.97 Å². The van der Waals surface area contributed by atoms with Crippen LogP contribution in [0.25, 0.3) is 11.4 Å². The maximum Gasteiger partial charge on any atom is 0.312 e. The zero-order valence-electron chi connectivity index (χ0n) is 17.9. The highest BCUT2D eigenvalue weighted by molar-refractivity contribution is 5.79. The molecule has 158 valence electrons. The van der Waals surface area contributed by atoms with Crippen molar-refractivity contribution in [3.8, 4) is 11.4 Å². The van der Waals surface area contributed by atoms with Gasteiger partial charge in [-0.05, 0) is 46.2 Å². The molecular weight excluding hydrogens is 376 g/mol. The van der Waals surface area contributed by atoms with Crippen molar-refractivity contribution in [3.63, 3.8) is 0 Å². The number of likely N-dealkylation sites (N-methyl/N-ethyl adjacent to an activating group) is 1. The van der Waals surface area contributed by atoms with Gasteiger partial charge < -0.3 is 14.5 Å². The Balaban J connectivity index is 1.38. The minimum atomic E-state index is -0.310. The SMILES string of the molecule is CN(C)CC1CC2(CCN(c3nc(-c4ccccc4)nc4c3CCC4)CC2)C(=O)O1. The lowest BCUT2D eigenvalue weighted by Gasteiger charge is -2.38. The molecule has 2 aliphatic heterocycles. The maximum atomic E-state index is 12.7. The highest BCUT2D eigenvalue weighted by Gasteiger charge is 2.50. The van der Waals surface area contributed by atoms with E-state index in [4.69, 9.17) is 14.7 Å². The number of carbonyl (C=O) groups excluding carboxylic acids is 1. The lowest BCUT2D eigenvalue weighted by atomic mass is 9.76. The monoisotopic (exact) mass is 406 g/mol. The average molecular weight is 407 g/mol. The van der Waals surface area contributed by atoms with E-state index in [1.165, 1.54) is 11.3 Å². The van der Waals surface area contributed by atoms with Crippen molar-refractivity contribution in [1.29, 1.82) is 0 Å². The van der Waals surface area contributed by atoms with Gasteiger partial charge in [-0.2, -0.15) is 0 Å². The number of nitrogens with zero attached hydrogens (tertiary/aromatic N) is 4. The Morgan fingerprint density at radius 3 is 2.63 bits per heavy atom. The van der Waals surface area contributed by atoms with E-state index in [-0.39, 0.29) is 17.5 Å². The quantitative estimate of drug-likeness (QED) is 0.728. The molecule has 1 aromatic carbocycles. The average Bonchev–Trinajstić information content (AvgIpc) is 3.33. The van der Waals surface area contributed by atoms with Gasteiger partial charge in [-0.25, -0.2) is 9.97 Å². The lowest BCUT2D eigenvalue weighted by molar-refractivity contribution is -0.150. The van der Waals surface area contributed by atoms with Crippen molar-refractivity contribution in [2.45, 2.75) is 44.6 Å². The number of esters is 1. The van der Waals surface area contributed by atoms with Gasteiger partial charge in [-0.15, -0.1) is 0 Å². The van der Waals surface area contributed by atoms with Gasteiger partial charge in [-0.3, -0.25) is 4.79 Å². The minimum absolute atomic E-state index is 0.00638. The van der Waals surface area contributed by atoms with Crippen LogP contribution in [0.4, 0.5) is 5.82 Å². The zero-order valence-corrected chi connectivity index (χ0v) is 17.9. The van der Waals surface area contributed by atoms with Gasteiger partial charge in [0.1, 0.15) is 11.9 Å². The van der Waals surface area contributed by atoms with E-state index in [0.717, 1.165) is 75.4 Å². The van der Waals surface area contributed by atoms with E-state index in [1.54, 1.807) is 0 Å². The van der Waals surface area contributed by atoms with Gasteiger partial charge in [0.15, 0.2) is 5.82 Å². The number of ether oxygens (including phenoxy) is 1. The number of aryl methyl sites for hydroxylation is 1. The standard InChI is InChI=1S/C24H30N4O2/c1-27(2)16-18-15-24(23(29)30-18)11-13-28(14-12-24)22-19-9-6-10-20(19)25-21(26-22)17-7-4-3-5-8-17/h3-5,7-8,18H,6,9-16H2,1-2H3. The van der Waals surface area contributed by atoms with Crippen LogP contribution in [0.1, 0.15) is 36.9 Å². The number of rotatable bonds is 4. The van der Waals surface area contributed by atoms with Crippen LogP contribution in [0.3, 0.4) is 0 Å². The Kier molecular flexibility index (Phi) is 4.97. The van der Waals surface area contributed by atoms with Crippen LogP contribution in [-0.2, 0) is 22.4 Å². The third-order valence-corrected chi connectivity index (χ3v) is 6.86. The van der Waals surface area contributed by atoms with Gasteiger partial charge in [0.2, 0.25) is 0 Å². The van der Waals surface area contributed by atoms with Crippen LogP contribution in [0.2, 0.25) is 0 Å². The van der Waals surface area contributed by atoms with Gasteiger partial charge in [0.25, 0.3) is 0 Å². The summed E-state index contributed by atoms with van der Waals surface area (Å²) in [5, 5.41) is 0. The summed E-state index contributed by atoms with van der Waals surface area (Å²) >= 11 is 0. The molecular formula is C24H30N4O2. The van der Waals surface area contributed by atoms with E-state index in [1.807, 2.05) is 32.3 Å². The Labute approximate surface area is 178 Å². The van der Waals surface area contributed by atoms with E-state index < -0.39 is 0 Å². The summed E-state index contributed by atoms with van der Waals surface area (Å²) in [5.41, 5.74) is 3.26. The van der Waals surface area contributed by atoms with Crippen molar-refractivity contribution in [3.05, 3.63) is 41.6 Å². The fraction of sp³-hybridized carbons (Fsp3) is 0.542. The van der Waals surface area contributed by atoms with Crippen LogP contribution < -0.4 is 4.90 Å². The van der Waals surface area contributed by atoms with Crippen LogP contribution in [0.15, 0.2) is 30.3 Å². The van der Waals surface area contributed by atoms with Crippen molar-refractivity contribution >= 4 is 11.8 Å². The first-order chi connectivity index (χ1) is 14.5. The number of aromatic nitrogens is 2. The highest BCUT2D eigenvalue weighted by atomic mass is 16.6. The summed E-state index contributed by atoms with van der Waals surface area (Å²) in [6, 6.07) is 10.2. The summed E-state index contributed by atoms with van der Waals surface area (Å²) in [5.74, 6) is 1.91. The topological polar surface area (TPSA) is 58.6 Å². The predicted octanol–water partition coefficient (Wildman–Crippen LogP) is 3.10. The highest BCUT2D eigenvalue weighted by Crippen LogP contribution is 2.44. The van der Waals surface area contributed by atoms with Crippen molar-refractivity contribution in [2.75, 3.05) is 38.6 Å². The van der Waals surface area contributed by atoms with Gasteiger partial charge in [-0.1, -0.05) is 30.3 Å². The minimum Gasteiger partial charge on any atom is -0.461 e. The number of carbonyl (C=O) groups is 1. The molecule has 6 heteroatoms. The number of anilines is 1. The molecule has 1 atom stereocenters. The molecule has 0 bridgehead atoms. The molecule has 1 spiro atoms. The number of fused-ring (bicyclic) bond motifs is 1. The number of piperidine rings is 1. The Morgan fingerprint density at radius 2 is 1.90 bits per heavy atom. The first-order valence-electron chi connectivity index (χ1n) is 11.1. The summed E-state index contributed by atoms with van der Waals surface area (Å²) in [6.07, 6.45) is 5.77. The van der Waals surface area contributed by atoms with E-state index >= 15 is 0 Å². The van der Waals surface area contributed by atoms with Crippen LogP contribution in [0, 0.1) is 5.41 Å². The number of cyclic esters (lactones) is 1. The molecule has 0 N–H and O–H groups in total. The van der Waals surface area contributed by atoms with E-state index in [9.17, 15) is 4.79 Å². The summed E-state index contributed by atoms with van der Waals surface area (Å²) in [6.45, 7) is 2.50. The molecule has 2 saturated heterocycles. The van der Waals surface area contributed by atoms with Crippen LogP contribution in [0.5, 0.6) is 0 Å². The summed E-state index contributed by atoms with van der Waals surface area (Å²) in [4.78, 5) is 27.1. The van der Waals surface area contributed by atoms with Crippen molar-refractivity contribution < 1.29 is 9.53 Å². The van der Waals surface area contributed by atoms with Gasteiger partial charge in [0.05, 0.1) is 5.41 Å². The fourth-order valence-corrected chi connectivity index (χ4v) is 5.29. The molecule has 0 saturated carbocycles. The number of hydrogen-bond acceptors (Lipinski definition) is 6. The molecule has 3 aliphatic rings.